The van der Waals surface area contributed by atoms with Crippen molar-refractivity contribution in [2.45, 2.75) is 13.1 Å². The fourth-order valence-electron chi connectivity index (χ4n) is 1.16. The molecule has 76 valence electrons. The van der Waals surface area contributed by atoms with Crippen LogP contribution in [0.3, 0.4) is 0 Å². The molecule has 0 saturated carbocycles. The molecule has 0 amide bonds. The number of rotatable bonds is 1. The summed E-state index contributed by atoms with van der Waals surface area (Å²) in [6.07, 6.45) is -4.55. The SMILES string of the molecule is Cc1cccc(C(F)(F)F)c1C(=O)Cl. The quantitative estimate of drug-likeness (QED) is 0.666. The number of halogens is 4. The highest BCUT2D eigenvalue weighted by Gasteiger charge is 2.35. The van der Waals surface area contributed by atoms with Gasteiger partial charge < -0.3 is 0 Å². The van der Waals surface area contributed by atoms with Gasteiger partial charge in [-0.3, -0.25) is 4.79 Å². The second-order valence-corrected chi connectivity index (χ2v) is 3.11. The molecule has 0 spiro atoms. The van der Waals surface area contributed by atoms with E-state index in [2.05, 4.69) is 0 Å². The van der Waals surface area contributed by atoms with Crippen LogP contribution in [-0.2, 0) is 6.18 Å². The Morgan fingerprint density at radius 3 is 2.29 bits per heavy atom. The van der Waals surface area contributed by atoms with Gasteiger partial charge in [0.05, 0.1) is 5.56 Å². The lowest BCUT2D eigenvalue weighted by atomic mass is 10.0. The Morgan fingerprint density at radius 2 is 1.93 bits per heavy atom. The minimum atomic E-state index is -4.55. The molecule has 1 nitrogen and oxygen atoms in total. The Bertz CT molecular complexity index is 371. The van der Waals surface area contributed by atoms with E-state index in [1.165, 1.54) is 19.1 Å². The first-order valence-electron chi connectivity index (χ1n) is 3.70. The van der Waals surface area contributed by atoms with Crippen LogP contribution in [0.1, 0.15) is 21.5 Å². The Morgan fingerprint density at radius 1 is 1.36 bits per heavy atom. The van der Waals surface area contributed by atoms with Gasteiger partial charge in [-0.2, -0.15) is 13.2 Å². The van der Waals surface area contributed by atoms with E-state index in [4.69, 9.17) is 11.6 Å². The van der Waals surface area contributed by atoms with E-state index in [9.17, 15) is 18.0 Å². The molecule has 0 aliphatic heterocycles. The summed E-state index contributed by atoms with van der Waals surface area (Å²) < 4.78 is 37.1. The lowest BCUT2D eigenvalue weighted by molar-refractivity contribution is -0.137. The summed E-state index contributed by atoms with van der Waals surface area (Å²) in [7, 11) is 0. The van der Waals surface area contributed by atoms with Crippen LogP contribution in [0.15, 0.2) is 18.2 Å². The average molecular weight is 223 g/mol. The zero-order valence-corrected chi connectivity index (χ0v) is 7.91. The first-order chi connectivity index (χ1) is 6.34. The normalized spacial score (nSPS) is 11.5. The lowest BCUT2D eigenvalue weighted by Crippen LogP contribution is -2.12. The van der Waals surface area contributed by atoms with Crippen molar-refractivity contribution in [3.8, 4) is 0 Å². The van der Waals surface area contributed by atoms with Gasteiger partial charge >= 0.3 is 6.18 Å². The molecule has 0 heterocycles. The third kappa shape index (κ3) is 2.07. The van der Waals surface area contributed by atoms with Gasteiger partial charge in [0.1, 0.15) is 0 Å². The second-order valence-electron chi connectivity index (χ2n) is 2.77. The van der Waals surface area contributed by atoms with Crippen molar-refractivity contribution in [3.63, 3.8) is 0 Å². The van der Waals surface area contributed by atoms with Crippen LogP contribution in [0.2, 0.25) is 0 Å². The molecule has 5 heteroatoms. The van der Waals surface area contributed by atoms with Gasteiger partial charge in [0.15, 0.2) is 0 Å². The van der Waals surface area contributed by atoms with E-state index >= 15 is 0 Å². The molecule has 0 unspecified atom stereocenters. The van der Waals surface area contributed by atoms with Crippen LogP contribution < -0.4 is 0 Å². The van der Waals surface area contributed by atoms with Crippen molar-refractivity contribution in [3.05, 3.63) is 34.9 Å². The standard InChI is InChI=1S/C9H6ClF3O/c1-5-3-2-4-6(9(11,12)13)7(5)8(10)14/h2-4H,1H3. The second kappa shape index (κ2) is 3.61. The molecular weight excluding hydrogens is 217 g/mol. The van der Waals surface area contributed by atoms with E-state index in [0.29, 0.717) is 0 Å². The smallest absolute Gasteiger partial charge is 0.276 e. The largest absolute Gasteiger partial charge is 0.417 e. The van der Waals surface area contributed by atoms with Crippen LogP contribution >= 0.6 is 11.6 Å². The van der Waals surface area contributed by atoms with Crippen molar-refractivity contribution in [2.24, 2.45) is 0 Å². The molecule has 0 aromatic heterocycles. The van der Waals surface area contributed by atoms with Crippen LogP contribution in [0.4, 0.5) is 13.2 Å². The summed E-state index contributed by atoms with van der Waals surface area (Å²) in [6, 6.07) is 3.48. The van der Waals surface area contributed by atoms with Gasteiger partial charge in [-0.1, -0.05) is 12.1 Å². The molecule has 0 radical (unpaired) electrons. The van der Waals surface area contributed by atoms with Crippen LogP contribution in [0.5, 0.6) is 0 Å². The number of hydrogen-bond donors (Lipinski definition) is 0. The molecule has 0 atom stereocenters. The predicted molar refractivity (Wildman–Crippen MR) is 46.4 cm³/mol. The minimum absolute atomic E-state index is 0.222. The molecule has 1 rings (SSSR count). The monoisotopic (exact) mass is 222 g/mol. The average Bonchev–Trinajstić information content (AvgIpc) is 2.01. The molecule has 1 aromatic rings. The first kappa shape index (κ1) is 11.0. The van der Waals surface area contributed by atoms with Gasteiger partial charge in [-0.05, 0) is 30.2 Å². The van der Waals surface area contributed by atoms with Crippen LogP contribution in [0.25, 0.3) is 0 Å². The van der Waals surface area contributed by atoms with Gasteiger partial charge in [-0.25, -0.2) is 0 Å². The molecule has 0 aliphatic carbocycles. The summed E-state index contributed by atoms with van der Waals surface area (Å²) >= 11 is 5.08. The highest BCUT2D eigenvalue weighted by Crippen LogP contribution is 2.33. The van der Waals surface area contributed by atoms with Crippen molar-refractivity contribution in [2.75, 3.05) is 0 Å². The summed E-state index contributed by atoms with van der Waals surface area (Å²) in [4.78, 5) is 10.8. The number of alkyl halides is 3. The van der Waals surface area contributed by atoms with Gasteiger partial charge in [0.25, 0.3) is 5.24 Å². The lowest BCUT2D eigenvalue weighted by Gasteiger charge is -2.11. The maximum atomic E-state index is 12.4. The van der Waals surface area contributed by atoms with Crippen molar-refractivity contribution in [1.29, 1.82) is 0 Å². The summed E-state index contributed by atoms with van der Waals surface area (Å²) in [5.41, 5.74) is -1.24. The van der Waals surface area contributed by atoms with E-state index in [1.54, 1.807) is 0 Å². The summed E-state index contributed by atoms with van der Waals surface area (Å²) in [5, 5.41) is -1.09. The number of carbonyl (C=O) groups is 1. The van der Waals surface area contributed by atoms with Crippen LogP contribution in [0, 0.1) is 6.92 Å². The molecule has 14 heavy (non-hydrogen) atoms. The van der Waals surface area contributed by atoms with Gasteiger partial charge in [0.2, 0.25) is 0 Å². The summed E-state index contributed by atoms with van der Waals surface area (Å²) in [6.45, 7) is 1.41. The number of benzene rings is 1. The number of aryl methyl sites for hydroxylation is 1. The third-order valence-corrected chi connectivity index (χ3v) is 1.96. The van der Waals surface area contributed by atoms with E-state index in [0.717, 1.165) is 6.07 Å². The molecule has 0 bridgehead atoms. The molecule has 0 saturated heterocycles. The summed E-state index contributed by atoms with van der Waals surface area (Å²) in [5.74, 6) is 0. The fourth-order valence-corrected chi connectivity index (χ4v) is 1.42. The minimum Gasteiger partial charge on any atom is -0.276 e. The maximum absolute atomic E-state index is 12.4. The third-order valence-electron chi connectivity index (χ3n) is 1.77. The molecule has 0 aliphatic rings. The van der Waals surface area contributed by atoms with Gasteiger partial charge in [0, 0.05) is 5.56 Å². The maximum Gasteiger partial charge on any atom is 0.417 e. The van der Waals surface area contributed by atoms with E-state index < -0.39 is 22.5 Å². The van der Waals surface area contributed by atoms with Crippen molar-refractivity contribution in [1.82, 2.24) is 0 Å². The predicted octanol–water partition coefficient (Wildman–Crippen LogP) is 3.39. The molecular formula is C9H6ClF3O. The molecule has 1 aromatic carbocycles. The zero-order chi connectivity index (χ0) is 10.9. The topological polar surface area (TPSA) is 17.1 Å². The Hall–Kier alpha value is -1.03. The Kier molecular flexibility index (Phi) is 2.85. The van der Waals surface area contributed by atoms with E-state index in [-0.39, 0.29) is 5.56 Å². The molecule has 0 N–H and O–H groups in total. The van der Waals surface area contributed by atoms with Gasteiger partial charge in [-0.15, -0.1) is 0 Å². The molecule has 0 fully saturated rings. The first-order valence-corrected chi connectivity index (χ1v) is 4.08. The zero-order valence-electron chi connectivity index (χ0n) is 7.15. The number of hydrogen-bond acceptors (Lipinski definition) is 1. The van der Waals surface area contributed by atoms with E-state index in [1.807, 2.05) is 0 Å². The Labute approximate surface area is 83.5 Å². The fraction of sp³-hybridized carbons (Fsp3) is 0.222. The van der Waals surface area contributed by atoms with Crippen molar-refractivity contribution >= 4 is 16.8 Å². The highest BCUT2D eigenvalue weighted by atomic mass is 35.5. The van der Waals surface area contributed by atoms with Crippen LogP contribution in [-0.4, -0.2) is 5.24 Å². The Balaban J connectivity index is 3.44. The van der Waals surface area contributed by atoms with Crippen molar-refractivity contribution < 1.29 is 18.0 Å². The highest BCUT2D eigenvalue weighted by molar-refractivity contribution is 6.68. The number of carbonyl (C=O) groups excluding carboxylic acids is 1.